The second-order valence-electron chi connectivity index (χ2n) is 4.61. The molecule has 3 aromatic rings. The van der Waals surface area contributed by atoms with Crippen LogP contribution in [0.3, 0.4) is 0 Å². The highest BCUT2D eigenvalue weighted by atomic mass is 16.5. The zero-order valence-corrected chi connectivity index (χ0v) is 11.3. The van der Waals surface area contributed by atoms with Gasteiger partial charge in [-0.1, -0.05) is 0 Å². The van der Waals surface area contributed by atoms with Crippen molar-refractivity contribution in [3.05, 3.63) is 68.7 Å². The van der Waals surface area contributed by atoms with Gasteiger partial charge in [-0.05, 0) is 42.5 Å². The SMILES string of the molecule is NC(=O)c1ccc(Oc2ccc3c(=O)[nH][nH]c(=O)c3c2)cc1. The molecular formula is C15H11N3O4. The Labute approximate surface area is 123 Å². The largest absolute Gasteiger partial charge is 0.457 e. The molecule has 0 aliphatic heterocycles. The zero-order chi connectivity index (χ0) is 15.7. The maximum atomic E-state index is 11.7. The van der Waals surface area contributed by atoms with Gasteiger partial charge in [-0.15, -0.1) is 0 Å². The lowest BCUT2D eigenvalue weighted by Gasteiger charge is -2.06. The van der Waals surface area contributed by atoms with Gasteiger partial charge in [0, 0.05) is 5.56 Å². The fourth-order valence-corrected chi connectivity index (χ4v) is 2.04. The van der Waals surface area contributed by atoms with Gasteiger partial charge in [0.2, 0.25) is 5.91 Å². The Morgan fingerprint density at radius 2 is 1.45 bits per heavy atom. The second kappa shape index (κ2) is 5.21. The van der Waals surface area contributed by atoms with Crippen LogP contribution in [-0.4, -0.2) is 16.1 Å². The first kappa shape index (κ1) is 13.6. The third kappa shape index (κ3) is 2.47. The van der Waals surface area contributed by atoms with Crippen LogP contribution in [-0.2, 0) is 0 Å². The Morgan fingerprint density at radius 3 is 2.09 bits per heavy atom. The quantitative estimate of drug-likeness (QED) is 0.671. The molecule has 7 nitrogen and oxygen atoms in total. The van der Waals surface area contributed by atoms with Crippen LogP contribution in [0.4, 0.5) is 0 Å². The van der Waals surface area contributed by atoms with Crippen LogP contribution in [0.2, 0.25) is 0 Å². The Kier molecular flexibility index (Phi) is 3.23. The molecule has 0 aliphatic carbocycles. The first-order chi connectivity index (χ1) is 10.5. The van der Waals surface area contributed by atoms with Gasteiger partial charge in [-0.25, -0.2) is 0 Å². The van der Waals surface area contributed by atoms with Crippen molar-refractivity contribution in [2.75, 3.05) is 0 Å². The molecule has 1 aromatic heterocycles. The van der Waals surface area contributed by atoms with Crippen LogP contribution in [0.1, 0.15) is 10.4 Å². The number of H-pyrrole nitrogens is 2. The predicted molar refractivity (Wildman–Crippen MR) is 80.2 cm³/mol. The number of ether oxygens (including phenoxy) is 1. The third-order valence-electron chi connectivity index (χ3n) is 3.14. The van der Waals surface area contributed by atoms with E-state index in [9.17, 15) is 14.4 Å². The number of hydrogen-bond donors (Lipinski definition) is 3. The van der Waals surface area contributed by atoms with E-state index in [4.69, 9.17) is 10.5 Å². The van der Waals surface area contributed by atoms with Crippen molar-refractivity contribution in [3.63, 3.8) is 0 Å². The third-order valence-corrected chi connectivity index (χ3v) is 3.14. The molecule has 0 atom stereocenters. The van der Waals surface area contributed by atoms with Gasteiger partial charge in [-0.2, -0.15) is 0 Å². The summed E-state index contributed by atoms with van der Waals surface area (Å²) in [4.78, 5) is 34.3. The molecule has 3 rings (SSSR count). The standard InChI is InChI=1S/C15H11N3O4/c16-13(19)8-1-3-9(4-2-8)22-10-5-6-11-12(7-10)15(21)18-17-14(11)20/h1-7H,(H2,16,19)(H,17,20)(H,18,21). The smallest absolute Gasteiger partial charge is 0.270 e. The van der Waals surface area contributed by atoms with E-state index in [0.717, 1.165) is 0 Å². The van der Waals surface area contributed by atoms with Crippen molar-refractivity contribution < 1.29 is 9.53 Å². The predicted octanol–water partition coefficient (Wildman–Crippen LogP) is 1.11. The van der Waals surface area contributed by atoms with E-state index >= 15 is 0 Å². The number of carbonyl (C=O) groups is 1. The minimum Gasteiger partial charge on any atom is -0.457 e. The van der Waals surface area contributed by atoms with Gasteiger partial charge in [0.05, 0.1) is 10.8 Å². The van der Waals surface area contributed by atoms with Gasteiger partial charge in [0.1, 0.15) is 11.5 Å². The minimum atomic E-state index is -0.525. The maximum Gasteiger partial charge on any atom is 0.270 e. The molecule has 2 aromatic carbocycles. The number of nitrogens with one attached hydrogen (secondary N) is 2. The van der Waals surface area contributed by atoms with Gasteiger partial charge >= 0.3 is 0 Å². The minimum absolute atomic E-state index is 0.231. The van der Waals surface area contributed by atoms with Crippen LogP contribution < -0.4 is 21.6 Å². The summed E-state index contributed by atoms with van der Waals surface area (Å²) in [6.45, 7) is 0. The molecule has 4 N–H and O–H groups in total. The Bertz CT molecular complexity index is 970. The molecule has 0 saturated carbocycles. The Morgan fingerprint density at radius 1 is 0.864 bits per heavy atom. The zero-order valence-electron chi connectivity index (χ0n) is 11.3. The number of fused-ring (bicyclic) bond motifs is 1. The molecule has 110 valence electrons. The Hall–Kier alpha value is -3.35. The van der Waals surface area contributed by atoms with Crippen molar-refractivity contribution in [3.8, 4) is 11.5 Å². The fraction of sp³-hybridized carbons (Fsp3) is 0. The molecule has 0 unspecified atom stereocenters. The first-order valence-electron chi connectivity index (χ1n) is 6.37. The van der Waals surface area contributed by atoms with E-state index in [1.807, 2.05) is 0 Å². The molecule has 0 saturated heterocycles. The summed E-state index contributed by atoms with van der Waals surface area (Å²) in [5.74, 6) is 0.351. The second-order valence-corrected chi connectivity index (χ2v) is 4.61. The van der Waals surface area contributed by atoms with E-state index in [0.29, 0.717) is 17.1 Å². The lowest BCUT2D eigenvalue weighted by molar-refractivity contribution is 0.100. The molecular weight excluding hydrogens is 286 g/mol. The van der Waals surface area contributed by atoms with Crippen LogP contribution in [0.15, 0.2) is 52.1 Å². The summed E-state index contributed by atoms with van der Waals surface area (Å²) in [7, 11) is 0. The molecule has 0 spiro atoms. The van der Waals surface area contributed by atoms with E-state index in [1.54, 1.807) is 18.2 Å². The molecule has 1 amide bonds. The summed E-state index contributed by atoms with van der Waals surface area (Å²) >= 11 is 0. The summed E-state index contributed by atoms with van der Waals surface area (Å²) in [6, 6.07) is 10.8. The monoisotopic (exact) mass is 297 g/mol. The normalized spacial score (nSPS) is 10.5. The maximum absolute atomic E-state index is 11.7. The number of rotatable bonds is 3. The van der Waals surface area contributed by atoms with Crippen LogP contribution in [0.25, 0.3) is 10.8 Å². The summed E-state index contributed by atoms with van der Waals surface area (Å²) < 4.78 is 5.60. The highest BCUT2D eigenvalue weighted by Gasteiger charge is 2.06. The summed E-state index contributed by atoms with van der Waals surface area (Å²) in [5, 5.41) is 5.01. The average molecular weight is 297 g/mol. The van der Waals surface area contributed by atoms with Gasteiger partial charge < -0.3 is 10.5 Å². The van der Waals surface area contributed by atoms with Crippen molar-refractivity contribution >= 4 is 16.7 Å². The van der Waals surface area contributed by atoms with Crippen molar-refractivity contribution in [1.82, 2.24) is 10.2 Å². The fourth-order valence-electron chi connectivity index (χ4n) is 2.04. The lowest BCUT2D eigenvalue weighted by atomic mass is 10.2. The first-order valence-corrected chi connectivity index (χ1v) is 6.37. The number of aromatic amines is 2. The number of primary amides is 1. The van der Waals surface area contributed by atoms with Crippen LogP contribution in [0.5, 0.6) is 11.5 Å². The molecule has 0 fully saturated rings. The summed E-state index contributed by atoms with van der Waals surface area (Å²) in [5.41, 5.74) is 4.73. The van der Waals surface area contributed by atoms with Crippen molar-refractivity contribution in [1.29, 1.82) is 0 Å². The summed E-state index contributed by atoms with van der Waals surface area (Å²) in [6.07, 6.45) is 0. The Balaban J connectivity index is 1.97. The molecule has 22 heavy (non-hydrogen) atoms. The number of carbonyl (C=O) groups excluding carboxylic acids is 1. The topological polar surface area (TPSA) is 118 Å². The highest BCUT2D eigenvalue weighted by molar-refractivity contribution is 5.92. The highest BCUT2D eigenvalue weighted by Crippen LogP contribution is 2.23. The van der Waals surface area contributed by atoms with Crippen LogP contribution in [0, 0.1) is 0 Å². The van der Waals surface area contributed by atoms with Crippen LogP contribution >= 0.6 is 0 Å². The lowest BCUT2D eigenvalue weighted by Crippen LogP contribution is -2.18. The molecule has 0 radical (unpaired) electrons. The number of amides is 1. The molecule has 1 heterocycles. The van der Waals surface area contributed by atoms with Crippen molar-refractivity contribution in [2.24, 2.45) is 5.73 Å². The van der Waals surface area contributed by atoms with E-state index in [2.05, 4.69) is 10.2 Å². The van der Waals surface area contributed by atoms with E-state index < -0.39 is 11.5 Å². The molecule has 7 heteroatoms. The molecule has 0 aliphatic rings. The number of aromatic nitrogens is 2. The number of nitrogens with two attached hydrogens (primary N) is 1. The molecule has 0 bridgehead atoms. The average Bonchev–Trinajstić information content (AvgIpc) is 2.52. The van der Waals surface area contributed by atoms with Gasteiger partial charge in [-0.3, -0.25) is 24.6 Å². The van der Waals surface area contributed by atoms with Crippen molar-refractivity contribution in [2.45, 2.75) is 0 Å². The van der Waals surface area contributed by atoms with E-state index in [1.165, 1.54) is 24.3 Å². The number of benzene rings is 2. The number of hydrogen-bond acceptors (Lipinski definition) is 4. The van der Waals surface area contributed by atoms with Gasteiger partial charge in [0.25, 0.3) is 11.1 Å². The van der Waals surface area contributed by atoms with Gasteiger partial charge in [0.15, 0.2) is 0 Å². The van der Waals surface area contributed by atoms with E-state index in [-0.39, 0.29) is 16.3 Å².